The van der Waals surface area contributed by atoms with Crippen molar-refractivity contribution in [1.29, 1.82) is 0 Å². The second kappa shape index (κ2) is 10.8. The molecular formula is C25H24F2N2O5S. The van der Waals surface area contributed by atoms with E-state index in [1.54, 1.807) is 12.1 Å². The number of thiophene rings is 1. The number of nitrogens with one attached hydrogen (secondary N) is 2. The molecular weight excluding hydrogens is 478 g/mol. The normalized spacial score (nSPS) is 17.7. The summed E-state index contributed by atoms with van der Waals surface area (Å²) >= 11 is 1.18. The van der Waals surface area contributed by atoms with E-state index in [0.717, 1.165) is 6.07 Å². The van der Waals surface area contributed by atoms with E-state index < -0.39 is 17.7 Å². The smallest absolute Gasteiger partial charge is 0.306 e. The summed E-state index contributed by atoms with van der Waals surface area (Å²) in [5, 5.41) is 14.7. The molecule has 0 bridgehead atoms. The van der Waals surface area contributed by atoms with E-state index in [1.807, 2.05) is 0 Å². The third-order valence-corrected chi connectivity index (χ3v) is 7.04. The molecule has 3 N–H and O–H groups in total. The van der Waals surface area contributed by atoms with Crippen molar-refractivity contribution < 1.29 is 33.0 Å². The average Bonchev–Trinajstić information content (AvgIpc) is 3.29. The molecule has 0 spiro atoms. The monoisotopic (exact) mass is 502 g/mol. The molecule has 2 amide bonds. The molecule has 0 atom stereocenters. The lowest BCUT2D eigenvalue weighted by Crippen LogP contribution is -2.34. The van der Waals surface area contributed by atoms with Crippen molar-refractivity contribution in [2.24, 2.45) is 5.92 Å². The number of benzene rings is 2. The van der Waals surface area contributed by atoms with Gasteiger partial charge in [-0.3, -0.25) is 14.4 Å². The van der Waals surface area contributed by atoms with Crippen molar-refractivity contribution in [3.8, 4) is 5.75 Å². The summed E-state index contributed by atoms with van der Waals surface area (Å²) in [6.45, 7) is 0.264. The number of halogens is 2. The molecule has 1 aromatic heterocycles. The molecule has 4 rings (SSSR count). The van der Waals surface area contributed by atoms with Gasteiger partial charge in [0.15, 0.2) is 11.6 Å². The number of carbonyl (C=O) groups is 3. The van der Waals surface area contributed by atoms with Crippen LogP contribution in [0.3, 0.4) is 0 Å². The third-order valence-electron chi connectivity index (χ3n) is 5.94. The molecule has 1 saturated carbocycles. The number of hydrogen-bond donors (Lipinski definition) is 3. The van der Waals surface area contributed by atoms with Gasteiger partial charge in [-0.05, 0) is 62.1 Å². The van der Waals surface area contributed by atoms with Crippen LogP contribution in [0.5, 0.6) is 5.75 Å². The van der Waals surface area contributed by atoms with Crippen LogP contribution in [0.25, 0.3) is 10.1 Å². The van der Waals surface area contributed by atoms with Crippen LogP contribution >= 0.6 is 11.3 Å². The highest BCUT2D eigenvalue weighted by Crippen LogP contribution is 2.29. The number of fused-ring (bicyclic) bond motifs is 1. The summed E-state index contributed by atoms with van der Waals surface area (Å²) < 4.78 is 34.6. The van der Waals surface area contributed by atoms with Crippen LogP contribution in [0, 0.1) is 17.6 Å². The zero-order chi connectivity index (χ0) is 24.9. The Morgan fingerprint density at radius 1 is 0.943 bits per heavy atom. The maximum absolute atomic E-state index is 14.5. The fourth-order valence-corrected chi connectivity index (χ4v) is 5.01. The molecule has 1 aliphatic carbocycles. The number of carboxylic acids is 1. The first kappa shape index (κ1) is 24.6. The summed E-state index contributed by atoms with van der Waals surface area (Å²) in [5.41, 5.74) is 0.107. The fraction of sp³-hybridized carbons (Fsp3) is 0.320. The molecule has 7 nitrogen and oxygen atoms in total. The van der Waals surface area contributed by atoms with Crippen molar-refractivity contribution in [3.05, 3.63) is 64.5 Å². The van der Waals surface area contributed by atoms with Crippen LogP contribution < -0.4 is 15.4 Å². The van der Waals surface area contributed by atoms with Crippen LogP contribution in [0.1, 0.15) is 45.7 Å². The van der Waals surface area contributed by atoms with Gasteiger partial charge < -0.3 is 20.5 Å². The van der Waals surface area contributed by atoms with Crippen molar-refractivity contribution in [1.82, 2.24) is 10.6 Å². The summed E-state index contributed by atoms with van der Waals surface area (Å²) in [6, 6.07) is 10.1. The average molecular weight is 503 g/mol. The minimum Gasteiger partial charge on any atom is -0.487 e. The van der Waals surface area contributed by atoms with Gasteiger partial charge in [0.1, 0.15) is 5.82 Å². The van der Waals surface area contributed by atoms with E-state index >= 15 is 0 Å². The summed E-state index contributed by atoms with van der Waals surface area (Å²) in [4.78, 5) is 36.1. The molecule has 35 heavy (non-hydrogen) atoms. The third kappa shape index (κ3) is 5.94. The number of aliphatic carboxylic acids is 1. The van der Waals surface area contributed by atoms with Gasteiger partial charge in [-0.1, -0.05) is 6.07 Å². The second-order valence-corrected chi connectivity index (χ2v) is 9.43. The first-order valence-corrected chi connectivity index (χ1v) is 12.1. The highest BCUT2D eigenvalue weighted by molar-refractivity contribution is 7.20. The molecule has 2 aromatic carbocycles. The van der Waals surface area contributed by atoms with Gasteiger partial charge in [0.25, 0.3) is 11.8 Å². The summed E-state index contributed by atoms with van der Waals surface area (Å²) in [5.74, 6) is -3.13. The van der Waals surface area contributed by atoms with E-state index in [4.69, 9.17) is 9.84 Å². The minimum atomic E-state index is -0.819. The van der Waals surface area contributed by atoms with Crippen molar-refractivity contribution >= 4 is 39.2 Å². The second-order valence-electron chi connectivity index (χ2n) is 8.35. The summed E-state index contributed by atoms with van der Waals surface area (Å²) in [7, 11) is 0. The van der Waals surface area contributed by atoms with Gasteiger partial charge in [-0.15, -0.1) is 11.3 Å². The van der Waals surface area contributed by atoms with Gasteiger partial charge in [0, 0.05) is 28.7 Å². The Bertz CT molecular complexity index is 1250. The predicted octanol–water partition coefficient (Wildman–Crippen LogP) is 4.36. The minimum absolute atomic E-state index is 0.0207. The molecule has 0 aliphatic heterocycles. The van der Waals surface area contributed by atoms with E-state index in [0.29, 0.717) is 40.6 Å². The zero-order valence-corrected chi connectivity index (χ0v) is 19.5. The number of amides is 2. The van der Waals surface area contributed by atoms with Crippen molar-refractivity contribution in [2.75, 3.05) is 13.1 Å². The molecule has 3 aromatic rings. The zero-order valence-electron chi connectivity index (χ0n) is 18.7. The van der Waals surface area contributed by atoms with Crippen LogP contribution in [0.4, 0.5) is 8.78 Å². The molecule has 10 heteroatoms. The maximum Gasteiger partial charge on any atom is 0.306 e. The highest BCUT2D eigenvalue weighted by atomic mass is 32.1. The Morgan fingerprint density at radius 2 is 1.66 bits per heavy atom. The molecule has 0 radical (unpaired) electrons. The van der Waals surface area contributed by atoms with Crippen molar-refractivity contribution in [3.63, 3.8) is 0 Å². The van der Waals surface area contributed by atoms with Crippen LogP contribution in [-0.4, -0.2) is 42.1 Å². The molecule has 1 aliphatic rings. The van der Waals surface area contributed by atoms with Crippen LogP contribution in [-0.2, 0) is 4.79 Å². The number of ether oxygens (including phenoxy) is 1. The molecule has 0 unspecified atom stereocenters. The van der Waals surface area contributed by atoms with E-state index in [9.17, 15) is 23.2 Å². The van der Waals surface area contributed by atoms with Crippen molar-refractivity contribution in [2.45, 2.75) is 31.8 Å². The molecule has 184 valence electrons. The Morgan fingerprint density at radius 3 is 2.31 bits per heavy atom. The summed E-state index contributed by atoms with van der Waals surface area (Å²) in [6.07, 6.45) is 1.76. The number of rotatable bonds is 8. The standard InChI is InChI=1S/C25H24F2N2O5S/c26-18-2-1-3-21-17(18)13-22(35-21)24(31)29-11-10-28-23(30)15-6-9-20(19(27)12-15)34-16-7-4-14(5-8-16)25(32)33/h1-3,6,9,12-14,16H,4-5,7-8,10-11H2,(H,28,30)(H,29,31)(H,32,33). The molecule has 1 fully saturated rings. The quantitative estimate of drug-likeness (QED) is 0.397. The molecule has 0 saturated heterocycles. The Labute approximate surface area is 204 Å². The van der Waals surface area contributed by atoms with Crippen LogP contribution in [0.15, 0.2) is 42.5 Å². The van der Waals surface area contributed by atoms with Crippen LogP contribution in [0.2, 0.25) is 0 Å². The SMILES string of the molecule is O=C(NCCNC(=O)c1cc2c(F)cccc2s1)c1ccc(OC2CCC(C(=O)O)CC2)c(F)c1. The van der Waals surface area contributed by atoms with Gasteiger partial charge in [0.05, 0.1) is 16.9 Å². The number of carbonyl (C=O) groups excluding carboxylic acids is 2. The first-order chi connectivity index (χ1) is 16.8. The maximum atomic E-state index is 14.5. The topological polar surface area (TPSA) is 105 Å². The van der Waals surface area contributed by atoms with Gasteiger partial charge in [0.2, 0.25) is 0 Å². The first-order valence-electron chi connectivity index (χ1n) is 11.3. The number of carboxylic acid groups (broad SMARTS) is 1. The molecule has 1 heterocycles. The highest BCUT2D eigenvalue weighted by Gasteiger charge is 2.27. The van der Waals surface area contributed by atoms with Gasteiger partial charge >= 0.3 is 5.97 Å². The predicted molar refractivity (Wildman–Crippen MR) is 127 cm³/mol. The van der Waals surface area contributed by atoms with E-state index in [-0.39, 0.29) is 48.1 Å². The Kier molecular flexibility index (Phi) is 7.60. The number of hydrogen-bond acceptors (Lipinski definition) is 5. The fourth-order valence-electron chi connectivity index (χ4n) is 4.02. The largest absolute Gasteiger partial charge is 0.487 e. The lowest BCUT2D eigenvalue weighted by molar-refractivity contribution is -0.143. The van der Waals surface area contributed by atoms with E-state index in [1.165, 1.54) is 35.6 Å². The Hall–Kier alpha value is -3.53. The van der Waals surface area contributed by atoms with Gasteiger partial charge in [-0.2, -0.15) is 0 Å². The lowest BCUT2D eigenvalue weighted by Gasteiger charge is -2.27. The lowest BCUT2D eigenvalue weighted by atomic mass is 9.87. The Balaban J connectivity index is 1.23. The van der Waals surface area contributed by atoms with E-state index in [2.05, 4.69) is 10.6 Å². The van der Waals surface area contributed by atoms with Gasteiger partial charge in [-0.25, -0.2) is 8.78 Å².